The molecule has 1 aliphatic rings. The monoisotopic (exact) mass is 477 g/mol. The summed E-state index contributed by atoms with van der Waals surface area (Å²) < 4.78 is 38.9. The van der Waals surface area contributed by atoms with Crippen molar-refractivity contribution in [2.24, 2.45) is 0 Å². The van der Waals surface area contributed by atoms with Crippen LogP contribution in [0.15, 0.2) is 63.8 Å². The smallest absolute Gasteiger partial charge is 0.248 e. The SMILES string of the molecule is O=C(Nc1nnc(SCc2ccc(F)cc2)s1)C1(S(=O)(=O)c2ccccc2)CCCC1. The van der Waals surface area contributed by atoms with Crippen molar-refractivity contribution in [1.29, 1.82) is 0 Å². The zero-order chi connectivity index (χ0) is 21.9. The molecule has 6 nitrogen and oxygen atoms in total. The van der Waals surface area contributed by atoms with Gasteiger partial charge in [0.1, 0.15) is 5.82 Å². The summed E-state index contributed by atoms with van der Waals surface area (Å²) in [5.41, 5.74) is 0.936. The molecule has 0 saturated heterocycles. The highest BCUT2D eigenvalue weighted by atomic mass is 32.2. The normalized spacial score (nSPS) is 15.6. The second-order valence-corrected chi connectivity index (χ2v) is 11.7. The van der Waals surface area contributed by atoms with Gasteiger partial charge < -0.3 is 0 Å². The Kier molecular flexibility index (Phi) is 6.40. The van der Waals surface area contributed by atoms with Crippen LogP contribution in [0.3, 0.4) is 0 Å². The van der Waals surface area contributed by atoms with Gasteiger partial charge in [-0.2, -0.15) is 0 Å². The number of benzene rings is 2. The highest BCUT2D eigenvalue weighted by Crippen LogP contribution is 2.41. The van der Waals surface area contributed by atoms with Crippen molar-refractivity contribution in [2.45, 2.75) is 45.4 Å². The van der Waals surface area contributed by atoms with E-state index in [-0.39, 0.29) is 28.7 Å². The summed E-state index contributed by atoms with van der Waals surface area (Å²) in [5.74, 6) is -0.268. The Balaban J connectivity index is 1.48. The molecule has 0 radical (unpaired) electrons. The van der Waals surface area contributed by atoms with E-state index >= 15 is 0 Å². The average Bonchev–Trinajstić information content (AvgIpc) is 3.45. The number of anilines is 1. The Morgan fingerprint density at radius 3 is 2.42 bits per heavy atom. The van der Waals surface area contributed by atoms with Crippen LogP contribution in [-0.4, -0.2) is 29.3 Å². The van der Waals surface area contributed by atoms with E-state index in [9.17, 15) is 17.6 Å². The first-order chi connectivity index (χ1) is 14.9. The molecule has 2 aromatic carbocycles. The molecule has 1 saturated carbocycles. The molecule has 162 valence electrons. The van der Waals surface area contributed by atoms with Crippen molar-refractivity contribution in [3.05, 3.63) is 66.0 Å². The Bertz CT molecular complexity index is 1160. The first-order valence-electron chi connectivity index (χ1n) is 9.73. The van der Waals surface area contributed by atoms with E-state index in [0.29, 0.717) is 22.9 Å². The van der Waals surface area contributed by atoms with Gasteiger partial charge in [-0.25, -0.2) is 12.8 Å². The molecule has 0 unspecified atom stereocenters. The van der Waals surface area contributed by atoms with Crippen molar-refractivity contribution >= 4 is 44.0 Å². The summed E-state index contributed by atoms with van der Waals surface area (Å²) in [6, 6.07) is 14.3. The Hall–Kier alpha value is -2.30. The minimum absolute atomic E-state index is 0.153. The van der Waals surface area contributed by atoms with Crippen molar-refractivity contribution in [1.82, 2.24) is 10.2 Å². The van der Waals surface area contributed by atoms with Gasteiger partial charge in [-0.1, -0.05) is 66.3 Å². The number of hydrogen-bond donors (Lipinski definition) is 1. The van der Waals surface area contributed by atoms with Gasteiger partial charge in [0.15, 0.2) is 18.9 Å². The molecular weight excluding hydrogens is 457 g/mol. The number of amides is 1. The lowest BCUT2D eigenvalue weighted by atomic mass is 10.1. The fraction of sp³-hybridized carbons (Fsp3) is 0.286. The maximum absolute atomic E-state index is 13.4. The van der Waals surface area contributed by atoms with Crippen molar-refractivity contribution in [2.75, 3.05) is 5.32 Å². The lowest BCUT2D eigenvalue weighted by Crippen LogP contribution is -2.47. The number of aromatic nitrogens is 2. The van der Waals surface area contributed by atoms with Gasteiger partial charge in [-0.05, 0) is 42.7 Å². The van der Waals surface area contributed by atoms with E-state index in [4.69, 9.17) is 0 Å². The van der Waals surface area contributed by atoms with E-state index in [2.05, 4.69) is 15.5 Å². The Morgan fingerprint density at radius 1 is 1.06 bits per heavy atom. The lowest BCUT2D eigenvalue weighted by Gasteiger charge is -2.27. The zero-order valence-corrected chi connectivity index (χ0v) is 18.9. The van der Waals surface area contributed by atoms with Crippen LogP contribution in [0.4, 0.5) is 9.52 Å². The molecule has 1 aliphatic carbocycles. The zero-order valence-electron chi connectivity index (χ0n) is 16.5. The second-order valence-electron chi connectivity index (χ2n) is 7.26. The summed E-state index contributed by atoms with van der Waals surface area (Å²) in [6.45, 7) is 0. The highest BCUT2D eigenvalue weighted by molar-refractivity contribution is 8.00. The van der Waals surface area contributed by atoms with Gasteiger partial charge in [0.25, 0.3) is 0 Å². The van der Waals surface area contributed by atoms with Gasteiger partial charge in [0, 0.05) is 5.75 Å². The fourth-order valence-electron chi connectivity index (χ4n) is 3.64. The molecule has 0 bridgehead atoms. The van der Waals surface area contributed by atoms with Gasteiger partial charge in [-0.3, -0.25) is 10.1 Å². The third-order valence-corrected chi connectivity index (χ3v) is 9.85. The number of carbonyl (C=O) groups is 1. The number of halogens is 1. The third kappa shape index (κ3) is 4.51. The summed E-state index contributed by atoms with van der Waals surface area (Å²) in [7, 11) is -3.85. The average molecular weight is 478 g/mol. The van der Waals surface area contributed by atoms with Crippen molar-refractivity contribution < 1.29 is 17.6 Å². The number of nitrogens with zero attached hydrogens (tertiary/aromatic N) is 2. The summed E-state index contributed by atoms with van der Waals surface area (Å²) in [4.78, 5) is 13.3. The van der Waals surface area contributed by atoms with Crippen molar-refractivity contribution in [3.8, 4) is 0 Å². The molecule has 4 rings (SSSR count). The van der Waals surface area contributed by atoms with Crippen LogP contribution in [0.25, 0.3) is 0 Å². The number of sulfone groups is 1. The van der Waals surface area contributed by atoms with Crippen LogP contribution in [0.5, 0.6) is 0 Å². The van der Waals surface area contributed by atoms with Crippen molar-refractivity contribution in [3.63, 3.8) is 0 Å². The topological polar surface area (TPSA) is 89.0 Å². The number of hydrogen-bond acceptors (Lipinski definition) is 7. The van der Waals surface area contributed by atoms with Gasteiger partial charge >= 0.3 is 0 Å². The van der Waals surface area contributed by atoms with E-state index in [0.717, 1.165) is 5.56 Å². The molecule has 1 amide bonds. The molecule has 0 spiro atoms. The molecule has 31 heavy (non-hydrogen) atoms. The van der Waals surface area contributed by atoms with Gasteiger partial charge in [0.05, 0.1) is 4.90 Å². The Morgan fingerprint density at radius 2 is 1.74 bits per heavy atom. The quantitative estimate of drug-likeness (QED) is 0.392. The van der Waals surface area contributed by atoms with Crippen LogP contribution in [0.1, 0.15) is 31.2 Å². The first kappa shape index (κ1) is 21.9. The number of thioether (sulfide) groups is 1. The Labute approximate surface area is 188 Å². The maximum atomic E-state index is 13.4. The van der Waals surface area contributed by atoms with Crippen LogP contribution >= 0.6 is 23.1 Å². The minimum atomic E-state index is -3.85. The summed E-state index contributed by atoms with van der Waals surface area (Å²) in [6.07, 6.45) is 1.91. The highest BCUT2D eigenvalue weighted by Gasteiger charge is 2.53. The van der Waals surface area contributed by atoms with Crippen LogP contribution in [-0.2, 0) is 20.4 Å². The largest absolute Gasteiger partial charge is 0.299 e. The minimum Gasteiger partial charge on any atom is -0.299 e. The molecule has 1 heterocycles. The van der Waals surface area contributed by atoms with E-state index < -0.39 is 20.5 Å². The van der Waals surface area contributed by atoms with Crippen LogP contribution in [0, 0.1) is 5.82 Å². The molecule has 1 fully saturated rings. The van der Waals surface area contributed by atoms with E-state index in [1.54, 1.807) is 30.3 Å². The fourth-order valence-corrected chi connectivity index (χ4v) is 7.44. The predicted molar refractivity (Wildman–Crippen MR) is 119 cm³/mol. The predicted octanol–water partition coefficient (Wildman–Crippen LogP) is 4.69. The van der Waals surface area contributed by atoms with E-state index in [1.165, 1.54) is 47.4 Å². The molecule has 1 N–H and O–H groups in total. The molecular formula is C21H20FN3O3S3. The third-order valence-electron chi connectivity index (χ3n) is 5.30. The second kappa shape index (κ2) is 9.05. The van der Waals surface area contributed by atoms with Gasteiger partial charge in [-0.15, -0.1) is 10.2 Å². The van der Waals surface area contributed by atoms with Crippen LogP contribution in [0.2, 0.25) is 0 Å². The lowest BCUT2D eigenvalue weighted by molar-refractivity contribution is -0.118. The number of carbonyl (C=O) groups excluding carboxylic acids is 1. The number of nitrogens with one attached hydrogen (secondary N) is 1. The maximum Gasteiger partial charge on any atom is 0.248 e. The molecule has 1 aromatic heterocycles. The van der Waals surface area contributed by atoms with Gasteiger partial charge in [0.2, 0.25) is 11.0 Å². The standard InChI is InChI=1S/C21H20FN3O3S3/c22-16-10-8-15(9-11-16)14-29-20-25-24-19(30-20)23-18(26)21(12-4-5-13-21)31(27,28)17-6-2-1-3-7-17/h1-3,6-11H,4-5,12-14H2,(H,23,24,26). The first-order valence-corrected chi connectivity index (χ1v) is 13.0. The molecule has 10 heteroatoms. The molecule has 0 aliphatic heterocycles. The number of rotatable bonds is 7. The van der Waals surface area contributed by atoms with Crippen LogP contribution < -0.4 is 5.32 Å². The van der Waals surface area contributed by atoms with E-state index in [1.807, 2.05) is 0 Å². The summed E-state index contributed by atoms with van der Waals surface area (Å²) >= 11 is 2.60. The summed E-state index contributed by atoms with van der Waals surface area (Å²) in [5, 5.41) is 11.0. The molecule has 0 atom stereocenters. The molecule has 3 aromatic rings.